The van der Waals surface area contributed by atoms with E-state index in [0.717, 1.165) is 37.1 Å². The summed E-state index contributed by atoms with van der Waals surface area (Å²) >= 11 is 0. The Morgan fingerprint density at radius 1 is 1.24 bits per heavy atom. The van der Waals surface area contributed by atoms with Gasteiger partial charge in [0, 0.05) is 5.69 Å². The van der Waals surface area contributed by atoms with Crippen molar-refractivity contribution in [3.63, 3.8) is 0 Å². The van der Waals surface area contributed by atoms with Crippen molar-refractivity contribution in [1.82, 2.24) is 35.7 Å². The SMILES string of the molecule is Cc1c(C(=O)Nc2ccc3n[nH]nc3c2)nnn1C1CCNCC1.Cl. The third-order valence-corrected chi connectivity index (χ3v) is 4.37. The Hall–Kier alpha value is -2.52. The Labute approximate surface area is 150 Å². The van der Waals surface area contributed by atoms with Crippen LogP contribution in [0.3, 0.4) is 0 Å². The molecule has 0 bridgehead atoms. The van der Waals surface area contributed by atoms with Crippen LogP contribution >= 0.6 is 12.4 Å². The highest BCUT2D eigenvalue weighted by molar-refractivity contribution is 6.04. The monoisotopic (exact) mass is 362 g/mol. The number of aromatic nitrogens is 6. The number of carbonyl (C=O) groups excluding carboxylic acids is 1. The first-order valence-corrected chi connectivity index (χ1v) is 7.97. The number of amides is 1. The fourth-order valence-electron chi connectivity index (χ4n) is 3.06. The van der Waals surface area contributed by atoms with Crippen LogP contribution in [0.2, 0.25) is 0 Å². The maximum atomic E-state index is 12.5. The van der Waals surface area contributed by atoms with E-state index in [4.69, 9.17) is 0 Å². The molecule has 1 aromatic carbocycles. The zero-order chi connectivity index (χ0) is 16.5. The predicted molar refractivity (Wildman–Crippen MR) is 95.0 cm³/mol. The number of benzene rings is 1. The number of H-pyrrole nitrogens is 1. The molecule has 0 saturated carbocycles. The van der Waals surface area contributed by atoms with Crippen molar-refractivity contribution in [3.05, 3.63) is 29.6 Å². The summed E-state index contributed by atoms with van der Waals surface area (Å²) in [7, 11) is 0. The second-order valence-electron chi connectivity index (χ2n) is 5.93. The minimum Gasteiger partial charge on any atom is -0.320 e. The standard InChI is InChI=1S/C15H18N8O.ClH/c1-9-14(20-22-23(9)11-4-6-16-7-5-11)15(24)17-10-2-3-12-13(8-10)19-21-18-12;/h2-3,8,11,16H,4-7H2,1H3,(H,17,24)(H,18,19,21);1H. The lowest BCUT2D eigenvalue weighted by Gasteiger charge is -2.23. The summed E-state index contributed by atoms with van der Waals surface area (Å²) in [4.78, 5) is 12.5. The first-order chi connectivity index (χ1) is 11.7. The van der Waals surface area contributed by atoms with Gasteiger partial charge >= 0.3 is 0 Å². The first kappa shape index (κ1) is 17.3. The number of hydrogen-bond acceptors (Lipinski definition) is 6. The molecule has 1 aliphatic heterocycles. The molecule has 1 amide bonds. The van der Waals surface area contributed by atoms with Crippen molar-refractivity contribution < 1.29 is 4.79 Å². The molecule has 1 aliphatic rings. The van der Waals surface area contributed by atoms with E-state index in [1.54, 1.807) is 18.2 Å². The Bertz CT molecular complexity index is 883. The van der Waals surface area contributed by atoms with Gasteiger partial charge in [-0.25, -0.2) is 4.68 Å². The Morgan fingerprint density at radius 3 is 2.80 bits per heavy atom. The molecule has 0 spiro atoms. The van der Waals surface area contributed by atoms with E-state index in [1.807, 2.05) is 11.6 Å². The highest BCUT2D eigenvalue weighted by Crippen LogP contribution is 2.21. The van der Waals surface area contributed by atoms with E-state index in [1.165, 1.54) is 0 Å². The Balaban J connectivity index is 0.00000182. The van der Waals surface area contributed by atoms with Gasteiger partial charge in [-0.05, 0) is 51.1 Å². The van der Waals surface area contributed by atoms with Crippen molar-refractivity contribution >= 4 is 35.0 Å². The molecule has 3 N–H and O–H groups in total. The van der Waals surface area contributed by atoms with E-state index in [0.29, 0.717) is 22.9 Å². The quantitative estimate of drug-likeness (QED) is 0.650. The zero-order valence-electron chi connectivity index (χ0n) is 13.7. The average molecular weight is 363 g/mol. The van der Waals surface area contributed by atoms with Gasteiger partial charge < -0.3 is 10.6 Å². The lowest BCUT2D eigenvalue weighted by atomic mass is 10.1. The van der Waals surface area contributed by atoms with Crippen molar-refractivity contribution in [3.8, 4) is 0 Å². The summed E-state index contributed by atoms with van der Waals surface area (Å²) in [5.41, 5.74) is 3.25. The van der Waals surface area contributed by atoms with Gasteiger partial charge in [0.25, 0.3) is 5.91 Å². The van der Waals surface area contributed by atoms with Crippen LogP contribution in [0.4, 0.5) is 5.69 Å². The summed E-state index contributed by atoms with van der Waals surface area (Å²) in [5.74, 6) is -0.268. The Morgan fingerprint density at radius 2 is 2.00 bits per heavy atom. The molecule has 3 heterocycles. The number of rotatable bonds is 3. The number of piperidine rings is 1. The number of fused-ring (bicyclic) bond motifs is 1. The van der Waals surface area contributed by atoms with Crippen LogP contribution in [-0.4, -0.2) is 49.4 Å². The van der Waals surface area contributed by atoms with E-state index in [-0.39, 0.29) is 18.3 Å². The topological polar surface area (TPSA) is 113 Å². The van der Waals surface area contributed by atoms with Crippen molar-refractivity contribution in [2.45, 2.75) is 25.8 Å². The molecule has 10 heteroatoms. The molecule has 2 aromatic heterocycles. The highest BCUT2D eigenvalue weighted by atomic mass is 35.5. The molecule has 0 aliphatic carbocycles. The largest absolute Gasteiger partial charge is 0.320 e. The average Bonchev–Trinajstić information content (AvgIpc) is 3.21. The molecule has 9 nitrogen and oxygen atoms in total. The van der Waals surface area contributed by atoms with Gasteiger partial charge in [-0.15, -0.1) is 17.5 Å². The Kier molecular flexibility index (Phi) is 4.95. The molecule has 1 fully saturated rings. The second kappa shape index (κ2) is 7.16. The van der Waals surface area contributed by atoms with E-state index >= 15 is 0 Å². The van der Waals surface area contributed by atoms with E-state index in [2.05, 4.69) is 36.4 Å². The molecule has 4 rings (SSSR count). The zero-order valence-corrected chi connectivity index (χ0v) is 14.5. The van der Waals surface area contributed by atoms with Crippen LogP contribution in [0.5, 0.6) is 0 Å². The van der Waals surface area contributed by atoms with Gasteiger partial charge in [-0.3, -0.25) is 4.79 Å². The van der Waals surface area contributed by atoms with Crippen LogP contribution in [0.15, 0.2) is 18.2 Å². The van der Waals surface area contributed by atoms with Crippen LogP contribution in [0.1, 0.15) is 35.1 Å². The lowest BCUT2D eigenvalue weighted by molar-refractivity contribution is 0.102. The summed E-state index contributed by atoms with van der Waals surface area (Å²) in [6, 6.07) is 5.65. The van der Waals surface area contributed by atoms with Crippen LogP contribution in [0, 0.1) is 6.92 Å². The van der Waals surface area contributed by atoms with Crippen LogP contribution in [-0.2, 0) is 0 Å². The molecule has 0 unspecified atom stereocenters. The molecule has 1 saturated heterocycles. The molecular formula is C15H19ClN8O. The van der Waals surface area contributed by atoms with Gasteiger partial charge in [0.2, 0.25) is 0 Å². The number of halogens is 1. The second-order valence-corrected chi connectivity index (χ2v) is 5.93. The molecule has 132 valence electrons. The summed E-state index contributed by atoms with van der Waals surface area (Å²) in [5, 5.41) is 25.0. The minimum absolute atomic E-state index is 0. The van der Waals surface area contributed by atoms with Crippen molar-refractivity contribution in [2.75, 3.05) is 18.4 Å². The lowest BCUT2D eigenvalue weighted by Crippen LogP contribution is -2.30. The van der Waals surface area contributed by atoms with Crippen molar-refractivity contribution in [1.29, 1.82) is 0 Å². The summed E-state index contributed by atoms with van der Waals surface area (Å²) < 4.78 is 1.87. The van der Waals surface area contributed by atoms with Gasteiger partial charge in [0.05, 0.1) is 11.7 Å². The normalized spacial score (nSPS) is 15.1. The maximum Gasteiger partial charge on any atom is 0.278 e. The number of carbonyl (C=O) groups is 1. The molecule has 0 atom stereocenters. The van der Waals surface area contributed by atoms with Crippen molar-refractivity contribution in [2.24, 2.45) is 0 Å². The number of nitrogens with one attached hydrogen (secondary N) is 3. The van der Waals surface area contributed by atoms with E-state index < -0.39 is 0 Å². The van der Waals surface area contributed by atoms with Gasteiger partial charge in [0.1, 0.15) is 11.0 Å². The fourth-order valence-corrected chi connectivity index (χ4v) is 3.06. The maximum absolute atomic E-state index is 12.5. The van der Waals surface area contributed by atoms with Crippen LogP contribution in [0.25, 0.3) is 11.0 Å². The van der Waals surface area contributed by atoms with Crippen LogP contribution < -0.4 is 10.6 Å². The number of anilines is 1. The number of aromatic amines is 1. The van der Waals surface area contributed by atoms with Gasteiger partial charge in [-0.2, -0.15) is 15.4 Å². The molecule has 0 radical (unpaired) electrons. The first-order valence-electron chi connectivity index (χ1n) is 7.97. The number of hydrogen-bond donors (Lipinski definition) is 3. The molecular weight excluding hydrogens is 344 g/mol. The summed E-state index contributed by atoms with van der Waals surface area (Å²) in [6.07, 6.45) is 1.99. The minimum atomic E-state index is -0.268. The smallest absolute Gasteiger partial charge is 0.278 e. The van der Waals surface area contributed by atoms with E-state index in [9.17, 15) is 4.79 Å². The molecule has 25 heavy (non-hydrogen) atoms. The third-order valence-electron chi connectivity index (χ3n) is 4.37. The predicted octanol–water partition coefficient (Wildman–Crippen LogP) is 1.46. The highest BCUT2D eigenvalue weighted by Gasteiger charge is 2.23. The molecule has 3 aromatic rings. The number of nitrogens with zero attached hydrogens (tertiary/aromatic N) is 5. The van der Waals surface area contributed by atoms with Gasteiger partial charge in [0.15, 0.2) is 5.69 Å². The summed E-state index contributed by atoms with van der Waals surface area (Å²) in [6.45, 7) is 3.81. The van der Waals surface area contributed by atoms with Gasteiger partial charge in [-0.1, -0.05) is 5.21 Å². The fraction of sp³-hybridized carbons (Fsp3) is 0.400. The third kappa shape index (κ3) is 3.33.